The van der Waals surface area contributed by atoms with Crippen molar-refractivity contribution in [1.29, 1.82) is 0 Å². The molecule has 0 saturated carbocycles. The van der Waals surface area contributed by atoms with Crippen LogP contribution in [-0.2, 0) is 0 Å². The second-order valence-corrected chi connectivity index (χ2v) is 3.30. The zero-order valence-electron chi connectivity index (χ0n) is 5.79. The lowest BCUT2D eigenvalue weighted by Crippen LogP contribution is -1.80. The molecule has 0 amide bonds. The Morgan fingerprint density at radius 1 is 1.25 bits per heavy atom. The molecule has 0 rings (SSSR count). The summed E-state index contributed by atoms with van der Waals surface area (Å²) in [6.45, 7) is 6.54. The monoisotopic (exact) mass is 224 g/mol. The zero-order chi connectivity index (χ0) is 6.57. The molecule has 0 aromatic rings. The molecule has 0 unspecified atom stereocenters. The van der Waals surface area contributed by atoms with Gasteiger partial charge in [0.1, 0.15) is 0 Å². The molecule has 0 aliphatic heterocycles. The highest BCUT2D eigenvalue weighted by atomic mass is 127. The summed E-state index contributed by atoms with van der Waals surface area (Å²) >= 11 is 2.40. The van der Waals surface area contributed by atoms with Gasteiger partial charge in [-0.3, -0.25) is 0 Å². The Morgan fingerprint density at radius 3 is 1.88 bits per heavy atom. The van der Waals surface area contributed by atoms with Crippen molar-refractivity contribution in [1.82, 2.24) is 0 Å². The number of hydrogen-bond donors (Lipinski definition) is 0. The third kappa shape index (κ3) is 3.47. The average Bonchev–Trinajstić information content (AvgIpc) is 1.67. The Labute approximate surface area is 65.5 Å². The van der Waals surface area contributed by atoms with Gasteiger partial charge in [0.2, 0.25) is 0 Å². The van der Waals surface area contributed by atoms with Crippen LogP contribution in [0.5, 0.6) is 0 Å². The van der Waals surface area contributed by atoms with E-state index in [1.165, 1.54) is 16.4 Å². The van der Waals surface area contributed by atoms with Gasteiger partial charge in [0, 0.05) is 4.43 Å². The van der Waals surface area contributed by atoms with Crippen LogP contribution in [0.15, 0.2) is 11.1 Å². The van der Waals surface area contributed by atoms with Crippen molar-refractivity contribution in [3.8, 4) is 0 Å². The molecule has 0 saturated heterocycles. The first kappa shape index (κ1) is 8.47. The van der Waals surface area contributed by atoms with E-state index in [4.69, 9.17) is 0 Å². The first-order valence-electron chi connectivity index (χ1n) is 2.87. The summed E-state index contributed by atoms with van der Waals surface area (Å²) in [6, 6.07) is 0. The molecule has 0 fully saturated rings. The molecule has 0 N–H and O–H groups in total. The van der Waals surface area contributed by atoms with E-state index in [1.807, 2.05) is 0 Å². The van der Waals surface area contributed by atoms with Gasteiger partial charge in [0.15, 0.2) is 0 Å². The first-order chi connectivity index (χ1) is 3.68. The quantitative estimate of drug-likeness (QED) is 0.384. The van der Waals surface area contributed by atoms with Gasteiger partial charge in [-0.1, -0.05) is 33.7 Å². The third-order valence-corrected chi connectivity index (χ3v) is 1.86. The standard InChI is InChI=1S/C7H13I/c1-6(2)7(3)4-5-8/h4-5H2,1-3H3. The second-order valence-electron chi connectivity index (χ2n) is 2.22. The van der Waals surface area contributed by atoms with Crippen LogP contribution in [0.25, 0.3) is 0 Å². The summed E-state index contributed by atoms with van der Waals surface area (Å²) in [6.07, 6.45) is 1.25. The highest BCUT2D eigenvalue weighted by molar-refractivity contribution is 14.1. The van der Waals surface area contributed by atoms with Gasteiger partial charge < -0.3 is 0 Å². The topological polar surface area (TPSA) is 0 Å². The highest BCUT2D eigenvalue weighted by Gasteiger charge is 1.87. The number of alkyl halides is 1. The Kier molecular flexibility index (Phi) is 4.61. The zero-order valence-corrected chi connectivity index (χ0v) is 7.95. The van der Waals surface area contributed by atoms with Gasteiger partial charge in [-0.25, -0.2) is 0 Å². The van der Waals surface area contributed by atoms with Crippen LogP contribution in [0.2, 0.25) is 0 Å². The van der Waals surface area contributed by atoms with E-state index in [1.54, 1.807) is 5.57 Å². The van der Waals surface area contributed by atoms with Crippen LogP contribution in [-0.4, -0.2) is 4.43 Å². The highest BCUT2D eigenvalue weighted by Crippen LogP contribution is 2.07. The van der Waals surface area contributed by atoms with E-state index in [-0.39, 0.29) is 0 Å². The Bertz CT molecular complexity index is 88.6. The summed E-state index contributed by atoms with van der Waals surface area (Å²) in [7, 11) is 0. The maximum Gasteiger partial charge on any atom is 0.00325 e. The largest absolute Gasteiger partial charge is 0.0860 e. The van der Waals surface area contributed by atoms with Gasteiger partial charge in [-0.15, -0.1) is 0 Å². The number of rotatable bonds is 2. The first-order valence-corrected chi connectivity index (χ1v) is 4.40. The van der Waals surface area contributed by atoms with Gasteiger partial charge in [-0.2, -0.15) is 0 Å². The minimum Gasteiger partial charge on any atom is -0.0860 e. The summed E-state index contributed by atoms with van der Waals surface area (Å²) in [4.78, 5) is 0. The minimum absolute atomic E-state index is 1.24. The summed E-state index contributed by atoms with van der Waals surface area (Å²) in [5.41, 5.74) is 3.01. The van der Waals surface area contributed by atoms with Crippen molar-refractivity contribution >= 4 is 22.6 Å². The molecule has 0 aliphatic carbocycles. The fraction of sp³-hybridized carbons (Fsp3) is 0.714. The molecule has 0 nitrogen and oxygen atoms in total. The molecule has 0 atom stereocenters. The molecular weight excluding hydrogens is 211 g/mol. The predicted molar refractivity (Wildman–Crippen MR) is 47.6 cm³/mol. The molecule has 0 spiro atoms. The van der Waals surface area contributed by atoms with E-state index in [9.17, 15) is 0 Å². The number of allylic oxidation sites excluding steroid dienone is 2. The molecule has 0 bridgehead atoms. The number of hydrogen-bond acceptors (Lipinski definition) is 0. The average molecular weight is 224 g/mol. The lowest BCUT2D eigenvalue weighted by Gasteiger charge is -1.97. The smallest absolute Gasteiger partial charge is 0.00325 e. The van der Waals surface area contributed by atoms with Crippen LogP contribution in [0.1, 0.15) is 27.2 Å². The predicted octanol–water partition coefficient (Wildman–Crippen LogP) is 3.17. The summed E-state index contributed by atoms with van der Waals surface area (Å²) < 4.78 is 1.24. The number of halogens is 1. The van der Waals surface area contributed by atoms with Crippen molar-refractivity contribution < 1.29 is 0 Å². The molecule has 8 heavy (non-hydrogen) atoms. The molecule has 1 heteroatoms. The van der Waals surface area contributed by atoms with Crippen molar-refractivity contribution in [2.24, 2.45) is 0 Å². The van der Waals surface area contributed by atoms with Crippen molar-refractivity contribution in [2.75, 3.05) is 4.43 Å². The van der Waals surface area contributed by atoms with E-state index in [2.05, 4.69) is 43.4 Å². The van der Waals surface area contributed by atoms with E-state index in [0.717, 1.165) is 0 Å². The maximum absolute atomic E-state index is 2.40. The van der Waals surface area contributed by atoms with Crippen LogP contribution in [0.4, 0.5) is 0 Å². The van der Waals surface area contributed by atoms with Crippen LogP contribution in [0, 0.1) is 0 Å². The van der Waals surface area contributed by atoms with Crippen LogP contribution < -0.4 is 0 Å². The molecule has 0 radical (unpaired) electrons. The normalized spacial score (nSPS) is 9.00. The Morgan fingerprint density at radius 2 is 1.75 bits per heavy atom. The Balaban J connectivity index is 3.62. The summed E-state index contributed by atoms with van der Waals surface area (Å²) in [5.74, 6) is 0. The minimum atomic E-state index is 1.24. The van der Waals surface area contributed by atoms with Crippen LogP contribution in [0.3, 0.4) is 0 Å². The fourth-order valence-electron chi connectivity index (χ4n) is 0.392. The fourth-order valence-corrected chi connectivity index (χ4v) is 1.20. The van der Waals surface area contributed by atoms with Crippen LogP contribution >= 0.6 is 22.6 Å². The van der Waals surface area contributed by atoms with Gasteiger partial charge in [0.05, 0.1) is 0 Å². The maximum atomic E-state index is 2.40. The van der Waals surface area contributed by atoms with E-state index < -0.39 is 0 Å². The molecule has 0 aliphatic rings. The second kappa shape index (κ2) is 4.36. The van der Waals surface area contributed by atoms with Crippen molar-refractivity contribution in [3.05, 3.63) is 11.1 Å². The third-order valence-electron chi connectivity index (χ3n) is 1.32. The Hall–Kier alpha value is 0.470. The molecule has 0 aromatic carbocycles. The lowest BCUT2D eigenvalue weighted by atomic mass is 10.1. The van der Waals surface area contributed by atoms with Gasteiger partial charge in [0.25, 0.3) is 0 Å². The SMILES string of the molecule is CC(C)=C(C)CCI. The van der Waals surface area contributed by atoms with Crippen molar-refractivity contribution in [3.63, 3.8) is 0 Å². The molecular formula is C7H13I. The van der Waals surface area contributed by atoms with E-state index in [0.29, 0.717) is 0 Å². The van der Waals surface area contributed by atoms with E-state index >= 15 is 0 Å². The van der Waals surface area contributed by atoms with Crippen molar-refractivity contribution in [2.45, 2.75) is 27.2 Å². The van der Waals surface area contributed by atoms with Gasteiger partial charge >= 0.3 is 0 Å². The summed E-state index contributed by atoms with van der Waals surface area (Å²) in [5, 5.41) is 0. The molecule has 48 valence electrons. The molecule has 0 aromatic heterocycles. The molecule has 0 heterocycles. The van der Waals surface area contributed by atoms with Gasteiger partial charge in [-0.05, 0) is 27.2 Å². The lowest BCUT2D eigenvalue weighted by molar-refractivity contribution is 1.08.